The molecule has 0 bridgehead atoms. The molecule has 0 aliphatic carbocycles. The first-order chi connectivity index (χ1) is 33.3. The Labute approximate surface area is 416 Å². The first-order valence-corrected chi connectivity index (χ1v) is 27.8. The minimum Gasteiger partial charge on any atom is -0.394 e. The highest BCUT2D eigenvalue weighted by molar-refractivity contribution is 5.76. The summed E-state index contributed by atoms with van der Waals surface area (Å²) in [5.74, 6) is -0.273. The smallest absolute Gasteiger partial charge is 0.220 e. The molecular formula is C59H103NO8. The number of hydrogen-bond donors (Lipinski definition) is 6. The van der Waals surface area contributed by atoms with Gasteiger partial charge in [0.05, 0.1) is 25.4 Å². The lowest BCUT2D eigenvalue weighted by molar-refractivity contribution is -0.302. The van der Waals surface area contributed by atoms with Crippen LogP contribution in [0.1, 0.15) is 226 Å². The van der Waals surface area contributed by atoms with Crippen LogP contribution >= 0.6 is 0 Å². The van der Waals surface area contributed by atoms with Crippen molar-refractivity contribution in [2.45, 2.75) is 269 Å². The van der Waals surface area contributed by atoms with Gasteiger partial charge in [-0.25, -0.2) is 0 Å². The molecule has 1 amide bonds. The third-order valence-corrected chi connectivity index (χ3v) is 12.7. The van der Waals surface area contributed by atoms with E-state index in [2.05, 4.69) is 79.9 Å². The SMILES string of the molecule is CC/C=C\C/C=C\C/C=C\C/C=C\CCC(=O)NC(COC1OC(CO)C(O)C(O)C1O)C(O)/C=C/CC/C=C/CC/C=C/CCCCCCCCCCCCCCCCCCCCCCCC. The highest BCUT2D eigenvalue weighted by atomic mass is 16.7. The van der Waals surface area contributed by atoms with E-state index < -0.39 is 49.5 Å². The normalized spacial score (nSPS) is 20.2. The second kappa shape index (κ2) is 48.0. The van der Waals surface area contributed by atoms with Crippen molar-refractivity contribution < 1.29 is 39.8 Å². The van der Waals surface area contributed by atoms with Gasteiger partial charge in [-0.3, -0.25) is 4.79 Å². The molecule has 0 spiro atoms. The maximum atomic E-state index is 12.9. The molecule has 68 heavy (non-hydrogen) atoms. The van der Waals surface area contributed by atoms with E-state index in [1.54, 1.807) is 6.08 Å². The van der Waals surface area contributed by atoms with E-state index in [0.29, 0.717) is 12.8 Å². The predicted molar refractivity (Wildman–Crippen MR) is 285 cm³/mol. The van der Waals surface area contributed by atoms with Gasteiger partial charge in [-0.1, -0.05) is 234 Å². The molecule has 392 valence electrons. The maximum absolute atomic E-state index is 12.9. The van der Waals surface area contributed by atoms with Gasteiger partial charge in [-0.2, -0.15) is 0 Å². The number of amides is 1. The number of aliphatic hydroxyl groups excluding tert-OH is 5. The minimum absolute atomic E-state index is 0.209. The number of hydrogen-bond acceptors (Lipinski definition) is 8. The molecule has 1 heterocycles. The number of carbonyl (C=O) groups excluding carboxylic acids is 1. The van der Waals surface area contributed by atoms with Crippen LogP contribution in [-0.4, -0.2) is 87.5 Å². The van der Waals surface area contributed by atoms with Gasteiger partial charge in [-0.15, -0.1) is 0 Å². The van der Waals surface area contributed by atoms with E-state index in [1.807, 2.05) is 18.2 Å². The Morgan fingerprint density at radius 1 is 0.515 bits per heavy atom. The van der Waals surface area contributed by atoms with E-state index in [9.17, 15) is 30.3 Å². The monoisotopic (exact) mass is 954 g/mol. The van der Waals surface area contributed by atoms with Crippen LogP contribution in [0.3, 0.4) is 0 Å². The third kappa shape index (κ3) is 37.2. The summed E-state index contributed by atoms with van der Waals surface area (Å²) < 4.78 is 11.2. The molecule has 6 N–H and O–H groups in total. The number of nitrogens with one attached hydrogen (secondary N) is 1. The predicted octanol–water partition coefficient (Wildman–Crippen LogP) is 13.5. The van der Waals surface area contributed by atoms with Crippen molar-refractivity contribution in [3.63, 3.8) is 0 Å². The molecule has 0 saturated carbocycles. The Hall–Kier alpha value is -2.63. The van der Waals surface area contributed by atoms with E-state index in [4.69, 9.17) is 9.47 Å². The molecule has 1 rings (SSSR count). The van der Waals surface area contributed by atoms with Crippen molar-refractivity contribution in [1.82, 2.24) is 5.32 Å². The zero-order valence-corrected chi connectivity index (χ0v) is 43.3. The Morgan fingerprint density at radius 3 is 1.40 bits per heavy atom. The molecule has 1 aliphatic heterocycles. The molecule has 0 aromatic rings. The zero-order valence-electron chi connectivity index (χ0n) is 43.3. The summed E-state index contributed by atoms with van der Waals surface area (Å²) in [4.78, 5) is 12.9. The first-order valence-electron chi connectivity index (χ1n) is 27.8. The molecule has 0 aromatic heterocycles. The molecule has 7 unspecified atom stereocenters. The average molecular weight is 954 g/mol. The molecule has 0 aromatic carbocycles. The molecule has 1 saturated heterocycles. The van der Waals surface area contributed by atoms with E-state index in [0.717, 1.165) is 51.4 Å². The number of carbonyl (C=O) groups is 1. The second-order valence-electron chi connectivity index (χ2n) is 19.0. The highest BCUT2D eigenvalue weighted by Crippen LogP contribution is 2.23. The van der Waals surface area contributed by atoms with E-state index in [1.165, 1.54) is 141 Å². The fourth-order valence-electron chi connectivity index (χ4n) is 8.32. The lowest BCUT2D eigenvalue weighted by Gasteiger charge is -2.40. The number of allylic oxidation sites excluding steroid dienone is 13. The van der Waals surface area contributed by atoms with Crippen molar-refractivity contribution in [3.8, 4) is 0 Å². The minimum atomic E-state index is -1.59. The summed E-state index contributed by atoms with van der Waals surface area (Å²) in [6.45, 7) is 3.59. The van der Waals surface area contributed by atoms with E-state index >= 15 is 0 Å². The molecule has 1 fully saturated rings. The van der Waals surface area contributed by atoms with Crippen molar-refractivity contribution in [3.05, 3.63) is 85.1 Å². The van der Waals surface area contributed by atoms with Gasteiger partial charge in [0.2, 0.25) is 5.91 Å². The maximum Gasteiger partial charge on any atom is 0.220 e. The Bertz CT molecular complexity index is 1340. The van der Waals surface area contributed by atoms with Crippen molar-refractivity contribution >= 4 is 5.91 Å². The van der Waals surface area contributed by atoms with Crippen molar-refractivity contribution in [2.75, 3.05) is 13.2 Å². The summed E-state index contributed by atoms with van der Waals surface area (Å²) in [5.41, 5.74) is 0. The Morgan fingerprint density at radius 2 is 0.926 bits per heavy atom. The topological polar surface area (TPSA) is 149 Å². The summed E-state index contributed by atoms with van der Waals surface area (Å²) in [6.07, 6.45) is 61.2. The average Bonchev–Trinajstić information content (AvgIpc) is 3.34. The zero-order chi connectivity index (χ0) is 49.4. The van der Waals surface area contributed by atoms with Crippen LogP contribution < -0.4 is 5.32 Å². The van der Waals surface area contributed by atoms with Crippen molar-refractivity contribution in [1.29, 1.82) is 0 Å². The number of aliphatic hydroxyl groups is 5. The summed E-state index contributed by atoms with van der Waals surface area (Å²) in [7, 11) is 0. The summed E-state index contributed by atoms with van der Waals surface area (Å²) in [6, 6.07) is -0.871. The number of rotatable bonds is 46. The largest absolute Gasteiger partial charge is 0.394 e. The van der Waals surface area contributed by atoms with Gasteiger partial charge in [0.25, 0.3) is 0 Å². The molecule has 1 aliphatic rings. The Balaban J connectivity index is 2.23. The standard InChI is InChI=1S/C59H103NO8/c1-3-5-7-9-11-13-15-17-18-19-20-21-22-23-24-25-26-27-28-29-30-31-32-33-34-35-37-38-40-42-44-46-48-53(62)52(51-67-59-58(66)57(65)56(64)54(50-61)68-59)60-55(63)49-47-45-43-41-39-36-16-14-12-10-8-6-4-2/h6,8,12,14,33-34,36,38-40,43,45-46,48,52-54,56-59,61-62,64-66H,3-5,7,9-11,13,15-32,35,37,41-42,44,47,49-51H2,1-2H3,(H,60,63)/b8-6-,14-12-,34-33+,39-36-,40-38+,45-43-,48-46+. The van der Waals surface area contributed by atoms with Crippen LogP contribution in [0, 0.1) is 0 Å². The van der Waals surface area contributed by atoms with Gasteiger partial charge >= 0.3 is 0 Å². The quantitative estimate of drug-likeness (QED) is 0.0261. The molecule has 0 radical (unpaired) electrons. The molecular weight excluding hydrogens is 851 g/mol. The second-order valence-corrected chi connectivity index (χ2v) is 19.0. The van der Waals surface area contributed by atoms with Crippen LogP contribution in [-0.2, 0) is 14.3 Å². The summed E-state index contributed by atoms with van der Waals surface area (Å²) in [5, 5.41) is 54.2. The van der Waals surface area contributed by atoms with Crippen LogP contribution in [0.15, 0.2) is 85.1 Å². The van der Waals surface area contributed by atoms with Gasteiger partial charge < -0.3 is 40.3 Å². The van der Waals surface area contributed by atoms with E-state index in [-0.39, 0.29) is 18.9 Å². The molecule has 9 heteroatoms. The van der Waals surface area contributed by atoms with Gasteiger partial charge in [0.1, 0.15) is 24.4 Å². The number of ether oxygens (including phenoxy) is 2. The Kier molecular flexibility index (Phi) is 44.8. The number of unbranched alkanes of at least 4 members (excludes halogenated alkanes) is 24. The first kappa shape index (κ1) is 63.4. The van der Waals surface area contributed by atoms with Crippen LogP contribution in [0.4, 0.5) is 0 Å². The summed E-state index contributed by atoms with van der Waals surface area (Å²) >= 11 is 0. The van der Waals surface area contributed by atoms with Crippen LogP contribution in [0.25, 0.3) is 0 Å². The van der Waals surface area contributed by atoms with Gasteiger partial charge in [0.15, 0.2) is 6.29 Å². The fraction of sp³-hybridized carbons (Fsp3) is 0.746. The lowest BCUT2D eigenvalue weighted by atomic mass is 9.99. The van der Waals surface area contributed by atoms with Crippen LogP contribution in [0.2, 0.25) is 0 Å². The highest BCUT2D eigenvalue weighted by Gasteiger charge is 2.44. The van der Waals surface area contributed by atoms with Crippen LogP contribution in [0.5, 0.6) is 0 Å². The lowest BCUT2D eigenvalue weighted by Crippen LogP contribution is -2.60. The van der Waals surface area contributed by atoms with Gasteiger partial charge in [-0.05, 0) is 70.6 Å². The third-order valence-electron chi connectivity index (χ3n) is 12.7. The molecule has 9 nitrogen and oxygen atoms in total. The van der Waals surface area contributed by atoms with Crippen molar-refractivity contribution in [2.24, 2.45) is 0 Å². The fourth-order valence-corrected chi connectivity index (χ4v) is 8.32. The van der Waals surface area contributed by atoms with Gasteiger partial charge in [0, 0.05) is 6.42 Å². The molecule has 7 atom stereocenters.